The van der Waals surface area contributed by atoms with Crippen molar-refractivity contribution < 1.29 is 28.7 Å². The Labute approximate surface area is 226 Å². The first kappa shape index (κ1) is 27.4. The molecule has 3 aromatic carbocycles. The van der Waals surface area contributed by atoms with Crippen LogP contribution >= 0.6 is 0 Å². The second-order valence-electron chi connectivity index (χ2n) is 9.20. The molecular weight excluding hydrogens is 498 g/mol. The van der Waals surface area contributed by atoms with E-state index in [9.17, 15) is 19.2 Å². The van der Waals surface area contributed by atoms with Gasteiger partial charge in [-0.15, -0.1) is 0 Å². The summed E-state index contributed by atoms with van der Waals surface area (Å²) in [4.78, 5) is 51.0. The number of alkyl carbamates (subject to hydrolysis) is 1. The average Bonchev–Trinajstić information content (AvgIpc) is 3.09. The van der Waals surface area contributed by atoms with Gasteiger partial charge in [0.05, 0.1) is 6.61 Å². The average molecular weight is 530 g/mol. The van der Waals surface area contributed by atoms with Crippen molar-refractivity contribution in [1.82, 2.24) is 16.0 Å². The molecule has 0 spiro atoms. The predicted octanol–water partition coefficient (Wildman–Crippen LogP) is 2.91. The molecule has 0 bridgehead atoms. The number of esters is 1. The first-order valence-corrected chi connectivity index (χ1v) is 12.8. The molecule has 9 heteroatoms. The van der Waals surface area contributed by atoms with E-state index in [0.29, 0.717) is 0 Å². The fraction of sp³-hybridized carbons (Fsp3) is 0.267. The van der Waals surface area contributed by atoms with E-state index >= 15 is 0 Å². The number of carbonyl (C=O) groups excluding carboxylic acids is 4. The summed E-state index contributed by atoms with van der Waals surface area (Å²) in [6.07, 6.45) is -0.403. The summed E-state index contributed by atoms with van der Waals surface area (Å²) >= 11 is 0. The van der Waals surface area contributed by atoms with Crippen LogP contribution in [0.3, 0.4) is 0 Å². The van der Waals surface area contributed by atoms with Crippen LogP contribution in [0.15, 0.2) is 78.9 Å². The molecule has 9 nitrogen and oxygen atoms in total. The van der Waals surface area contributed by atoms with Gasteiger partial charge in [0.2, 0.25) is 11.8 Å². The van der Waals surface area contributed by atoms with Gasteiger partial charge >= 0.3 is 12.1 Å². The number of carbonyl (C=O) groups is 4. The molecule has 3 N–H and O–H groups in total. The largest absolute Gasteiger partial charge is 0.465 e. The normalized spacial score (nSPS) is 13.1. The molecule has 0 atom stereocenters. The first-order chi connectivity index (χ1) is 18.9. The van der Waals surface area contributed by atoms with E-state index in [-0.39, 0.29) is 32.6 Å². The van der Waals surface area contributed by atoms with E-state index in [1.807, 2.05) is 78.9 Å². The number of ether oxygens (including phenoxy) is 2. The molecule has 1 aliphatic rings. The van der Waals surface area contributed by atoms with E-state index in [2.05, 4.69) is 16.0 Å². The highest BCUT2D eigenvalue weighted by Crippen LogP contribution is 2.36. The molecule has 0 aromatic heterocycles. The summed E-state index contributed by atoms with van der Waals surface area (Å²) in [5, 5.41) is 7.94. The molecule has 0 fully saturated rings. The topological polar surface area (TPSA) is 123 Å². The van der Waals surface area contributed by atoms with Gasteiger partial charge in [0.15, 0.2) is 0 Å². The van der Waals surface area contributed by atoms with Crippen LogP contribution < -0.4 is 16.0 Å². The quantitative estimate of drug-likeness (QED) is 0.367. The third-order valence-corrected chi connectivity index (χ3v) is 6.43. The Balaban J connectivity index is 1.53. The third-order valence-electron chi connectivity index (χ3n) is 6.43. The van der Waals surface area contributed by atoms with Crippen LogP contribution in [0.5, 0.6) is 0 Å². The van der Waals surface area contributed by atoms with Gasteiger partial charge in [0.1, 0.15) is 25.2 Å². The fourth-order valence-corrected chi connectivity index (χ4v) is 4.66. The highest BCUT2D eigenvalue weighted by atomic mass is 16.5. The molecule has 4 rings (SSSR count). The summed E-state index contributed by atoms with van der Waals surface area (Å²) in [5.74, 6) is -1.68. The molecule has 0 saturated heterocycles. The van der Waals surface area contributed by atoms with Crippen molar-refractivity contribution in [3.8, 4) is 11.1 Å². The van der Waals surface area contributed by atoms with Crippen molar-refractivity contribution in [1.29, 1.82) is 0 Å². The molecule has 3 aromatic rings. The molecule has 0 radical (unpaired) electrons. The van der Waals surface area contributed by atoms with Gasteiger partial charge in [0.25, 0.3) is 0 Å². The minimum absolute atomic E-state index is 0.0576. The molecular formula is C30H31N3O6. The van der Waals surface area contributed by atoms with E-state index < -0.39 is 36.0 Å². The zero-order valence-electron chi connectivity index (χ0n) is 21.7. The first-order valence-electron chi connectivity index (χ1n) is 12.8. The second kappa shape index (κ2) is 12.7. The maximum Gasteiger partial charge on any atom is 0.407 e. The third kappa shape index (κ3) is 7.01. The predicted molar refractivity (Wildman–Crippen MR) is 144 cm³/mol. The van der Waals surface area contributed by atoms with Crippen molar-refractivity contribution in [3.05, 3.63) is 95.6 Å². The zero-order valence-corrected chi connectivity index (χ0v) is 21.7. The summed E-state index contributed by atoms with van der Waals surface area (Å²) in [5.41, 5.74) is 3.04. The van der Waals surface area contributed by atoms with E-state index in [0.717, 1.165) is 27.8 Å². The van der Waals surface area contributed by atoms with E-state index in [4.69, 9.17) is 9.47 Å². The van der Waals surface area contributed by atoms with Crippen LogP contribution in [-0.4, -0.2) is 49.1 Å². The number of hydrogen-bond acceptors (Lipinski definition) is 6. The monoisotopic (exact) mass is 529 g/mol. The standard InChI is InChI=1S/C30H31N3O6/c1-2-38-27(35)19-31-28(36)30(33-26(34)18-32-29(37)39-20-21-10-4-3-5-11-21)16-22-12-6-8-14-24(22)25-15-9-7-13-23(25)17-30/h3-15H,2,16-20H2,1H3,(H,31,36)(H,32,37)(H,33,34). The Morgan fingerprint density at radius 2 is 1.33 bits per heavy atom. The number of hydrogen-bond donors (Lipinski definition) is 3. The summed E-state index contributed by atoms with van der Waals surface area (Å²) in [6, 6.07) is 24.5. The smallest absolute Gasteiger partial charge is 0.407 e. The molecule has 0 aliphatic heterocycles. The van der Waals surface area contributed by atoms with Crippen LogP contribution in [-0.2, 0) is 43.3 Å². The van der Waals surface area contributed by atoms with Gasteiger partial charge in [-0.3, -0.25) is 14.4 Å². The van der Waals surface area contributed by atoms with Crippen molar-refractivity contribution in [3.63, 3.8) is 0 Å². The molecule has 3 amide bonds. The second-order valence-corrected chi connectivity index (χ2v) is 9.20. The Hall–Kier alpha value is -4.66. The van der Waals surface area contributed by atoms with Crippen LogP contribution in [0.2, 0.25) is 0 Å². The Kier molecular flexibility index (Phi) is 8.94. The lowest BCUT2D eigenvalue weighted by Gasteiger charge is -2.33. The van der Waals surface area contributed by atoms with Crippen molar-refractivity contribution in [2.75, 3.05) is 19.7 Å². The highest BCUT2D eigenvalue weighted by molar-refractivity contribution is 5.95. The van der Waals surface area contributed by atoms with Crippen molar-refractivity contribution >= 4 is 23.9 Å². The number of rotatable bonds is 9. The lowest BCUT2D eigenvalue weighted by molar-refractivity contribution is -0.144. The lowest BCUT2D eigenvalue weighted by Crippen LogP contribution is -2.63. The maximum atomic E-state index is 13.7. The van der Waals surface area contributed by atoms with E-state index in [1.54, 1.807) is 6.92 Å². The summed E-state index contributed by atoms with van der Waals surface area (Å²) < 4.78 is 10.1. The Bertz CT molecular complexity index is 1290. The van der Waals surface area contributed by atoms with Crippen LogP contribution in [0, 0.1) is 0 Å². The fourth-order valence-electron chi connectivity index (χ4n) is 4.66. The Morgan fingerprint density at radius 1 is 0.744 bits per heavy atom. The van der Waals surface area contributed by atoms with Crippen LogP contribution in [0.1, 0.15) is 23.6 Å². The minimum atomic E-state index is -1.43. The lowest BCUT2D eigenvalue weighted by atomic mass is 9.85. The molecule has 202 valence electrons. The molecule has 0 heterocycles. The van der Waals surface area contributed by atoms with Gasteiger partial charge in [-0.25, -0.2) is 4.79 Å². The molecule has 1 aliphatic carbocycles. The van der Waals surface area contributed by atoms with E-state index in [1.165, 1.54) is 0 Å². The summed E-state index contributed by atoms with van der Waals surface area (Å²) in [6.45, 7) is 1.19. The SMILES string of the molecule is CCOC(=O)CNC(=O)C1(NC(=O)CNC(=O)OCc2ccccc2)Cc2ccccc2-c2ccccc2C1. The number of benzene rings is 3. The summed E-state index contributed by atoms with van der Waals surface area (Å²) in [7, 11) is 0. The van der Waals surface area contributed by atoms with Gasteiger partial charge in [0, 0.05) is 12.8 Å². The van der Waals surface area contributed by atoms with Gasteiger partial charge < -0.3 is 25.4 Å². The van der Waals surface area contributed by atoms with Crippen LogP contribution in [0.4, 0.5) is 4.79 Å². The minimum Gasteiger partial charge on any atom is -0.465 e. The maximum absolute atomic E-state index is 13.7. The molecule has 39 heavy (non-hydrogen) atoms. The van der Waals surface area contributed by atoms with Gasteiger partial charge in [-0.2, -0.15) is 0 Å². The zero-order chi connectivity index (χ0) is 27.7. The van der Waals surface area contributed by atoms with Gasteiger partial charge in [-0.05, 0) is 34.7 Å². The van der Waals surface area contributed by atoms with Gasteiger partial charge in [-0.1, -0.05) is 78.9 Å². The molecule has 0 unspecified atom stereocenters. The van der Waals surface area contributed by atoms with Crippen LogP contribution in [0.25, 0.3) is 11.1 Å². The highest BCUT2D eigenvalue weighted by Gasteiger charge is 2.43. The number of nitrogens with one attached hydrogen (secondary N) is 3. The van der Waals surface area contributed by atoms with Crippen molar-refractivity contribution in [2.24, 2.45) is 0 Å². The van der Waals surface area contributed by atoms with Crippen molar-refractivity contribution in [2.45, 2.75) is 31.9 Å². The molecule has 0 saturated carbocycles. The number of fused-ring (bicyclic) bond motifs is 3. The number of amides is 3. The Morgan fingerprint density at radius 3 is 1.95 bits per heavy atom.